The van der Waals surface area contributed by atoms with Crippen LogP contribution in [-0.4, -0.2) is 49.3 Å². The maximum absolute atomic E-state index is 12.5. The molecule has 2 aromatic carbocycles. The molecule has 168 valence electrons. The zero-order chi connectivity index (χ0) is 23.1. The van der Waals surface area contributed by atoms with E-state index in [2.05, 4.69) is 20.8 Å². The molecule has 0 saturated carbocycles. The maximum Gasteiger partial charge on any atom is 0.240 e. The Morgan fingerprint density at radius 1 is 1.06 bits per heavy atom. The Balaban J connectivity index is 1.61. The highest BCUT2D eigenvalue weighted by Gasteiger charge is 2.32. The van der Waals surface area contributed by atoms with E-state index in [1.54, 1.807) is 32.4 Å². The SMILES string of the molecule is COc1ccc(C(C)=NN=C2NC(=O)C(CC(=O)Nc3ccc(OC)cc3OC)S2)cc1. The lowest BCUT2D eigenvalue weighted by Gasteiger charge is -2.12. The smallest absolute Gasteiger partial charge is 0.240 e. The molecule has 1 atom stereocenters. The van der Waals surface area contributed by atoms with Gasteiger partial charge < -0.3 is 24.8 Å². The lowest BCUT2D eigenvalue weighted by atomic mass is 10.1. The van der Waals surface area contributed by atoms with Crippen molar-refractivity contribution in [2.45, 2.75) is 18.6 Å². The Labute approximate surface area is 190 Å². The summed E-state index contributed by atoms with van der Waals surface area (Å²) < 4.78 is 15.6. The molecule has 1 heterocycles. The van der Waals surface area contributed by atoms with Crippen LogP contribution in [0.3, 0.4) is 0 Å². The van der Waals surface area contributed by atoms with Crippen LogP contribution in [0, 0.1) is 0 Å². The largest absolute Gasteiger partial charge is 0.497 e. The molecule has 2 N–H and O–H groups in total. The van der Waals surface area contributed by atoms with Gasteiger partial charge in [0.1, 0.15) is 22.5 Å². The van der Waals surface area contributed by atoms with Gasteiger partial charge in [0.15, 0.2) is 5.17 Å². The van der Waals surface area contributed by atoms with E-state index in [0.717, 1.165) is 11.3 Å². The van der Waals surface area contributed by atoms with Gasteiger partial charge in [0.2, 0.25) is 11.8 Å². The number of amides is 2. The van der Waals surface area contributed by atoms with Crippen LogP contribution in [0.2, 0.25) is 0 Å². The van der Waals surface area contributed by atoms with Crippen LogP contribution in [0.4, 0.5) is 5.69 Å². The van der Waals surface area contributed by atoms with Crippen LogP contribution >= 0.6 is 11.8 Å². The van der Waals surface area contributed by atoms with Crippen molar-refractivity contribution >= 4 is 40.1 Å². The summed E-state index contributed by atoms with van der Waals surface area (Å²) in [6, 6.07) is 12.5. The molecular formula is C22H24N4O5S. The summed E-state index contributed by atoms with van der Waals surface area (Å²) in [7, 11) is 4.65. The molecule has 10 heteroatoms. The highest BCUT2D eigenvalue weighted by molar-refractivity contribution is 8.15. The molecule has 0 aliphatic carbocycles. The first-order valence-corrected chi connectivity index (χ1v) is 10.6. The summed E-state index contributed by atoms with van der Waals surface area (Å²) >= 11 is 1.17. The van der Waals surface area contributed by atoms with Crippen LogP contribution in [0.15, 0.2) is 52.7 Å². The molecular weight excluding hydrogens is 432 g/mol. The molecule has 3 rings (SSSR count). The van der Waals surface area contributed by atoms with Gasteiger partial charge in [0.05, 0.1) is 32.7 Å². The van der Waals surface area contributed by atoms with Crippen molar-refractivity contribution in [3.05, 3.63) is 48.0 Å². The number of thioether (sulfide) groups is 1. The van der Waals surface area contributed by atoms with E-state index in [0.29, 0.717) is 28.1 Å². The number of nitrogens with one attached hydrogen (secondary N) is 2. The highest BCUT2D eigenvalue weighted by Crippen LogP contribution is 2.30. The molecule has 0 bridgehead atoms. The summed E-state index contributed by atoms with van der Waals surface area (Å²) in [5.41, 5.74) is 2.06. The quantitative estimate of drug-likeness (QED) is 0.467. The van der Waals surface area contributed by atoms with Gasteiger partial charge in [0, 0.05) is 12.5 Å². The van der Waals surface area contributed by atoms with Crippen molar-refractivity contribution in [2.75, 3.05) is 26.6 Å². The lowest BCUT2D eigenvalue weighted by molar-refractivity contribution is -0.122. The number of carbonyl (C=O) groups excluding carboxylic acids is 2. The maximum atomic E-state index is 12.5. The van der Waals surface area contributed by atoms with Gasteiger partial charge in [0.25, 0.3) is 0 Å². The third-order valence-electron chi connectivity index (χ3n) is 4.63. The highest BCUT2D eigenvalue weighted by atomic mass is 32.2. The second-order valence-electron chi connectivity index (χ2n) is 6.73. The third-order valence-corrected chi connectivity index (χ3v) is 5.70. The zero-order valence-electron chi connectivity index (χ0n) is 18.2. The number of anilines is 1. The number of benzene rings is 2. The van der Waals surface area contributed by atoms with Gasteiger partial charge >= 0.3 is 0 Å². The summed E-state index contributed by atoms with van der Waals surface area (Å²) in [6.07, 6.45) is -0.0219. The minimum Gasteiger partial charge on any atom is -0.497 e. The molecule has 0 spiro atoms. The van der Waals surface area contributed by atoms with Crippen molar-refractivity contribution in [3.63, 3.8) is 0 Å². The predicted octanol–water partition coefficient (Wildman–Crippen LogP) is 3.05. The first-order chi connectivity index (χ1) is 15.4. The average Bonchev–Trinajstić information content (AvgIpc) is 3.16. The molecule has 0 radical (unpaired) electrons. The van der Waals surface area contributed by atoms with Gasteiger partial charge in [-0.05, 0) is 48.9 Å². The van der Waals surface area contributed by atoms with Crippen LogP contribution in [0.25, 0.3) is 0 Å². The van der Waals surface area contributed by atoms with E-state index in [4.69, 9.17) is 14.2 Å². The number of hydrogen-bond donors (Lipinski definition) is 2. The van der Waals surface area contributed by atoms with Crippen LogP contribution in [0.5, 0.6) is 17.2 Å². The molecule has 1 unspecified atom stereocenters. The second-order valence-corrected chi connectivity index (χ2v) is 7.92. The van der Waals surface area contributed by atoms with E-state index in [1.165, 1.54) is 18.9 Å². The second kappa shape index (κ2) is 10.7. The number of hydrogen-bond acceptors (Lipinski definition) is 8. The number of methoxy groups -OCH3 is 3. The topological polar surface area (TPSA) is 111 Å². The molecule has 1 saturated heterocycles. The fraction of sp³-hybridized carbons (Fsp3) is 0.273. The predicted molar refractivity (Wildman–Crippen MR) is 125 cm³/mol. The fourth-order valence-electron chi connectivity index (χ4n) is 2.87. The molecule has 2 aromatic rings. The minimum atomic E-state index is -0.602. The van der Waals surface area contributed by atoms with Crippen LogP contribution in [-0.2, 0) is 9.59 Å². The van der Waals surface area contributed by atoms with E-state index in [-0.39, 0.29) is 18.2 Å². The Hall–Kier alpha value is -3.53. The van der Waals surface area contributed by atoms with Gasteiger partial charge in [-0.2, -0.15) is 5.10 Å². The molecule has 1 fully saturated rings. The van der Waals surface area contributed by atoms with E-state index < -0.39 is 5.25 Å². The monoisotopic (exact) mass is 456 g/mol. The van der Waals surface area contributed by atoms with Crippen LogP contribution < -0.4 is 24.8 Å². The van der Waals surface area contributed by atoms with E-state index >= 15 is 0 Å². The molecule has 9 nitrogen and oxygen atoms in total. The van der Waals surface area contributed by atoms with Crippen molar-refractivity contribution in [2.24, 2.45) is 10.2 Å². The van der Waals surface area contributed by atoms with Crippen molar-refractivity contribution in [1.29, 1.82) is 0 Å². The summed E-state index contributed by atoms with van der Waals surface area (Å²) in [6.45, 7) is 1.82. The Kier molecular flexibility index (Phi) is 7.72. The molecule has 0 aromatic heterocycles. The first-order valence-electron chi connectivity index (χ1n) is 9.69. The summed E-state index contributed by atoms with van der Waals surface area (Å²) in [5, 5.41) is 13.5. The number of amidine groups is 1. The van der Waals surface area contributed by atoms with Gasteiger partial charge in [-0.25, -0.2) is 0 Å². The average molecular weight is 457 g/mol. The standard InChI is InChI=1S/C22H24N4O5S/c1-13(14-5-7-15(29-2)8-6-14)25-26-22-24-21(28)19(32-22)12-20(27)23-17-10-9-16(30-3)11-18(17)31-4/h5-11,19H,12H2,1-4H3,(H,23,27)(H,24,26,28). The van der Waals surface area contributed by atoms with E-state index in [1.807, 2.05) is 31.2 Å². The number of rotatable bonds is 8. The molecule has 2 amide bonds. The molecule has 32 heavy (non-hydrogen) atoms. The fourth-order valence-corrected chi connectivity index (χ4v) is 3.79. The Morgan fingerprint density at radius 3 is 2.41 bits per heavy atom. The Morgan fingerprint density at radius 2 is 1.75 bits per heavy atom. The zero-order valence-corrected chi connectivity index (χ0v) is 19.0. The van der Waals surface area contributed by atoms with Gasteiger partial charge in [-0.15, -0.1) is 5.10 Å². The molecule has 1 aliphatic heterocycles. The summed E-state index contributed by atoms with van der Waals surface area (Å²) in [4.78, 5) is 24.7. The third kappa shape index (κ3) is 5.79. The first kappa shape index (κ1) is 23.1. The number of ether oxygens (including phenoxy) is 3. The van der Waals surface area contributed by atoms with E-state index in [9.17, 15) is 9.59 Å². The number of nitrogens with zero attached hydrogens (tertiary/aromatic N) is 2. The van der Waals surface area contributed by atoms with Gasteiger partial charge in [-0.3, -0.25) is 9.59 Å². The minimum absolute atomic E-state index is 0.0219. The lowest BCUT2D eigenvalue weighted by Crippen LogP contribution is -2.28. The van der Waals surface area contributed by atoms with Gasteiger partial charge in [-0.1, -0.05) is 11.8 Å². The summed E-state index contributed by atoms with van der Waals surface area (Å²) in [5.74, 6) is 1.21. The number of carbonyl (C=O) groups is 2. The normalized spacial score (nSPS) is 17.1. The van der Waals surface area contributed by atoms with Crippen molar-refractivity contribution in [1.82, 2.24) is 5.32 Å². The van der Waals surface area contributed by atoms with Crippen molar-refractivity contribution in [3.8, 4) is 17.2 Å². The Bertz CT molecular complexity index is 1050. The van der Waals surface area contributed by atoms with Crippen molar-refractivity contribution < 1.29 is 23.8 Å². The van der Waals surface area contributed by atoms with Crippen LogP contribution in [0.1, 0.15) is 18.9 Å². The molecule has 1 aliphatic rings.